The summed E-state index contributed by atoms with van der Waals surface area (Å²) < 4.78 is 0. The lowest BCUT2D eigenvalue weighted by Gasteiger charge is -2.31. The van der Waals surface area contributed by atoms with Gasteiger partial charge in [-0.2, -0.15) is 0 Å². The van der Waals surface area contributed by atoms with Gasteiger partial charge in [-0.15, -0.1) is 0 Å². The third-order valence-electron chi connectivity index (χ3n) is 6.01. The minimum absolute atomic E-state index is 0.0712. The molecule has 2 N–H and O–H groups in total. The lowest BCUT2D eigenvalue weighted by molar-refractivity contribution is -0.135. The zero-order chi connectivity index (χ0) is 25.2. The van der Waals surface area contributed by atoms with Crippen LogP contribution in [0.1, 0.15) is 31.4 Å². The van der Waals surface area contributed by atoms with Gasteiger partial charge in [-0.05, 0) is 35.6 Å². The molecule has 3 rings (SSSR count). The van der Waals surface area contributed by atoms with Crippen LogP contribution in [0.15, 0.2) is 78.9 Å². The van der Waals surface area contributed by atoms with E-state index in [1.54, 1.807) is 18.2 Å². The molecule has 35 heavy (non-hydrogen) atoms. The molecule has 2 unspecified atom stereocenters. The average molecular weight is 512 g/mol. The Balaban J connectivity index is 1.79. The summed E-state index contributed by atoms with van der Waals surface area (Å²) in [5.41, 5.74) is 2.57. The lowest BCUT2D eigenvalue weighted by Crippen LogP contribution is -2.52. The van der Waals surface area contributed by atoms with E-state index in [0.717, 1.165) is 24.0 Å². The van der Waals surface area contributed by atoms with E-state index < -0.39 is 12.1 Å². The molecule has 0 heterocycles. The van der Waals surface area contributed by atoms with Crippen LogP contribution in [0.5, 0.6) is 0 Å². The molecule has 7 heteroatoms. The maximum atomic E-state index is 13.8. The first-order valence-electron chi connectivity index (χ1n) is 11.8. The number of carbonyl (C=O) groups is 2. The number of benzene rings is 3. The molecular weight excluding hydrogens is 481 g/mol. The smallest absolute Gasteiger partial charge is 0.319 e. The van der Waals surface area contributed by atoms with Crippen LogP contribution in [0.2, 0.25) is 10.0 Å². The van der Waals surface area contributed by atoms with Crippen molar-refractivity contribution in [2.24, 2.45) is 5.92 Å². The third kappa shape index (κ3) is 7.74. The number of anilines is 1. The molecule has 0 radical (unpaired) electrons. The Morgan fingerprint density at radius 1 is 0.886 bits per heavy atom. The van der Waals surface area contributed by atoms with Crippen molar-refractivity contribution >= 4 is 40.8 Å². The molecule has 0 fully saturated rings. The van der Waals surface area contributed by atoms with E-state index in [1.807, 2.05) is 67.3 Å². The van der Waals surface area contributed by atoms with Gasteiger partial charge >= 0.3 is 6.03 Å². The van der Waals surface area contributed by atoms with Crippen molar-refractivity contribution in [3.05, 3.63) is 100 Å². The maximum absolute atomic E-state index is 13.8. The first-order chi connectivity index (χ1) is 16.9. The van der Waals surface area contributed by atoms with Gasteiger partial charge in [-0.25, -0.2) is 4.79 Å². The van der Waals surface area contributed by atoms with E-state index in [4.69, 9.17) is 23.2 Å². The van der Waals surface area contributed by atoms with Gasteiger partial charge in [0.15, 0.2) is 0 Å². The SMILES string of the molecule is CCC(C)C(NC(=O)Nc1cccc(Cl)c1Cl)C(=O)N(CCc1ccccc1)Cc1ccccc1. The monoisotopic (exact) mass is 511 g/mol. The molecule has 0 saturated carbocycles. The number of amides is 3. The van der Waals surface area contributed by atoms with E-state index in [9.17, 15) is 9.59 Å². The zero-order valence-electron chi connectivity index (χ0n) is 20.0. The van der Waals surface area contributed by atoms with Gasteiger partial charge in [0, 0.05) is 13.1 Å². The van der Waals surface area contributed by atoms with Crippen molar-refractivity contribution < 1.29 is 9.59 Å². The fraction of sp³-hybridized carbons (Fsp3) is 0.286. The Morgan fingerprint density at radius 3 is 2.14 bits per heavy atom. The van der Waals surface area contributed by atoms with Gasteiger partial charge in [-0.1, -0.05) is 110 Å². The number of rotatable bonds is 10. The molecule has 0 aromatic heterocycles. The summed E-state index contributed by atoms with van der Waals surface area (Å²) in [7, 11) is 0. The van der Waals surface area contributed by atoms with Crippen LogP contribution >= 0.6 is 23.2 Å². The Morgan fingerprint density at radius 2 is 1.51 bits per heavy atom. The maximum Gasteiger partial charge on any atom is 0.319 e. The standard InChI is InChI=1S/C28H31Cl2N3O2/c1-3-20(2)26(32-28(35)31-24-16-10-15-23(29)25(24)30)27(34)33(19-22-13-8-5-9-14-22)18-17-21-11-6-4-7-12-21/h4-16,20,26H,3,17-19H2,1-2H3,(H2,31,32,35). The molecular formula is C28H31Cl2N3O2. The third-order valence-corrected chi connectivity index (χ3v) is 6.83. The number of nitrogens with zero attached hydrogens (tertiary/aromatic N) is 1. The predicted octanol–water partition coefficient (Wildman–Crippen LogP) is 6.80. The number of urea groups is 1. The summed E-state index contributed by atoms with van der Waals surface area (Å²) in [6, 6.07) is 23.8. The molecule has 3 aromatic carbocycles. The highest BCUT2D eigenvalue weighted by atomic mass is 35.5. The van der Waals surface area contributed by atoms with Crippen LogP contribution in [0.25, 0.3) is 0 Å². The van der Waals surface area contributed by atoms with Crippen LogP contribution in [-0.4, -0.2) is 29.4 Å². The van der Waals surface area contributed by atoms with Gasteiger partial charge < -0.3 is 15.5 Å². The highest BCUT2D eigenvalue weighted by molar-refractivity contribution is 6.43. The molecule has 3 aromatic rings. The second-order valence-electron chi connectivity index (χ2n) is 8.54. The molecule has 0 aliphatic rings. The lowest BCUT2D eigenvalue weighted by atomic mass is 9.97. The summed E-state index contributed by atoms with van der Waals surface area (Å²) in [5.74, 6) is -0.190. The largest absolute Gasteiger partial charge is 0.336 e. The van der Waals surface area contributed by atoms with Crippen molar-refractivity contribution in [3.63, 3.8) is 0 Å². The second-order valence-corrected chi connectivity index (χ2v) is 9.33. The molecule has 0 saturated heterocycles. The van der Waals surface area contributed by atoms with Crippen molar-refractivity contribution in [1.82, 2.24) is 10.2 Å². The van der Waals surface area contributed by atoms with Gasteiger partial charge in [0.25, 0.3) is 0 Å². The van der Waals surface area contributed by atoms with Crippen molar-refractivity contribution in [1.29, 1.82) is 0 Å². The first kappa shape index (κ1) is 26.6. The Kier molecular flexibility index (Phi) is 10.0. The number of carbonyl (C=O) groups excluding carboxylic acids is 2. The molecule has 0 aliphatic carbocycles. The number of hydrogen-bond acceptors (Lipinski definition) is 2. The minimum Gasteiger partial charge on any atom is -0.336 e. The van der Waals surface area contributed by atoms with Gasteiger partial charge in [0.1, 0.15) is 6.04 Å². The second kappa shape index (κ2) is 13.2. The molecule has 0 spiro atoms. The van der Waals surface area contributed by atoms with Gasteiger partial charge in [0.05, 0.1) is 15.7 Å². The number of halogens is 2. The van der Waals surface area contributed by atoms with Crippen LogP contribution in [0.4, 0.5) is 10.5 Å². The zero-order valence-corrected chi connectivity index (χ0v) is 21.5. The quantitative estimate of drug-likeness (QED) is 0.314. The first-order valence-corrected chi connectivity index (χ1v) is 12.5. The highest BCUT2D eigenvalue weighted by Gasteiger charge is 2.30. The average Bonchev–Trinajstić information content (AvgIpc) is 2.88. The van der Waals surface area contributed by atoms with E-state index in [0.29, 0.717) is 23.8 Å². The van der Waals surface area contributed by atoms with Crippen molar-refractivity contribution in [2.45, 2.75) is 39.3 Å². The molecule has 0 aliphatic heterocycles. The van der Waals surface area contributed by atoms with E-state index in [-0.39, 0.29) is 16.8 Å². The van der Waals surface area contributed by atoms with Crippen LogP contribution in [-0.2, 0) is 17.8 Å². The summed E-state index contributed by atoms with van der Waals surface area (Å²) in [6.07, 6.45) is 1.45. The van der Waals surface area contributed by atoms with E-state index >= 15 is 0 Å². The number of nitrogens with one attached hydrogen (secondary N) is 2. The van der Waals surface area contributed by atoms with Gasteiger partial charge in [-0.3, -0.25) is 4.79 Å². The molecule has 3 amide bonds. The van der Waals surface area contributed by atoms with E-state index in [1.165, 1.54) is 0 Å². The molecule has 184 valence electrons. The summed E-state index contributed by atoms with van der Waals surface area (Å²) >= 11 is 12.3. The Labute approximate surface area is 217 Å². The molecule has 0 bridgehead atoms. The summed E-state index contributed by atoms with van der Waals surface area (Å²) in [5, 5.41) is 6.20. The van der Waals surface area contributed by atoms with Crippen LogP contribution < -0.4 is 10.6 Å². The summed E-state index contributed by atoms with van der Waals surface area (Å²) in [6.45, 7) is 4.97. The highest BCUT2D eigenvalue weighted by Crippen LogP contribution is 2.29. The minimum atomic E-state index is -0.697. The van der Waals surface area contributed by atoms with E-state index in [2.05, 4.69) is 22.8 Å². The summed E-state index contributed by atoms with van der Waals surface area (Å²) in [4.78, 5) is 28.5. The fourth-order valence-corrected chi connectivity index (χ4v) is 4.11. The normalized spacial score (nSPS) is 12.5. The number of hydrogen-bond donors (Lipinski definition) is 2. The van der Waals surface area contributed by atoms with Crippen molar-refractivity contribution in [3.8, 4) is 0 Å². The Bertz CT molecular complexity index is 1110. The van der Waals surface area contributed by atoms with Crippen LogP contribution in [0, 0.1) is 5.92 Å². The molecule has 5 nitrogen and oxygen atoms in total. The predicted molar refractivity (Wildman–Crippen MR) is 144 cm³/mol. The van der Waals surface area contributed by atoms with Crippen LogP contribution in [0.3, 0.4) is 0 Å². The molecule has 2 atom stereocenters. The fourth-order valence-electron chi connectivity index (χ4n) is 3.76. The van der Waals surface area contributed by atoms with Gasteiger partial charge in [0.2, 0.25) is 5.91 Å². The van der Waals surface area contributed by atoms with Crippen molar-refractivity contribution in [2.75, 3.05) is 11.9 Å². The topological polar surface area (TPSA) is 61.4 Å². The Hall–Kier alpha value is -3.02.